The molecule has 0 spiro atoms. The Kier molecular flexibility index (Phi) is 4.34. The normalized spacial score (nSPS) is 9.82. The van der Waals surface area contributed by atoms with E-state index in [9.17, 15) is 9.59 Å². The lowest BCUT2D eigenvalue weighted by molar-refractivity contribution is -0.135. The number of nitrogens with two attached hydrogens (primary N) is 1. The van der Waals surface area contributed by atoms with Crippen LogP contribution in [0.15, 0.2) is 18.2 Å². The van der Waals surface area contributed by atoms with Crippen LogP contribution in [0.1, 0.15) is 6.92 Å². The summed E-state index contributed by atoms with van der Waals surface area (Å²) in [5.74, 6) is -1.29. The van der Waals surface area contributed by atoms with E-state index in [-0.39, 0.29) is 0 Å². The number of carbonyl (C=O) groups excluding carboxylic acids is 2. The van der Waals surface area contributed by atoms with E-state index in [1.165, 1.54) is 13.1 Å². The number of ether oxygens (including phenoxy) is 1. The Balaban J connectivity index is 2.97. The van der Waals surface area contributed by atoms with Crippen LogP contribution in [0.25, 0.3) is 0 Å². The Morgan fingerprint density at radius 3 is 2.59 bits per heavy atom. The molecule has 0 atom stereocenters. The minimum atomic E-state index is -1.02. The average Bonchev–Trinajstić information content (AvgIpc) is 2.30. The van der Waals surface area contributed by atoms with Gasteiger partial charge in [-0.25, -0.2) is 0 Å². The Bertz CT molecular complexity index is 448. The van der Waals surface area contributed by atoms with Crippen LogP contribution in [0.5, 0.6) is 5.75 Å². The molecule has 0 saturated heterocycles. The molecule has 0 heterocycles. The zero-order valence-corrected chi connectivity index (χ0v) is 10.3. The van der Waals surface area contributed by atoms with E-state index in [0.717, 1.165) is 4.90 Å². The van der Waals surface area contributed by atoms with Gasteiger partial charge in [-0.3, -0.25) is 9.59 Å². The van der Waals surface area contributed by atoms with Crippen LogP contribution in [0.2, 0.25) is 5.02 Å². The first-order valence-electron chi connectivity index (χ1n) is 4.97. The minimum Gasteiger partial charge on any atom is -0.492 e. The van der Waals surface area contributed by atoms with Crippen molar-refractivity contribution in [3.05, 3.63) is 23.2 Å². The molecule has 6 heteroatoms. The summed E-state index contributed by atoms with van der Waals surface area (Å²) in [6.45, 7) is 2.34. The number of hydrogen-bond donors (Lipinski definition) is 1. The molecule has 17 heavy (non-hydrogen) atoms. The van der Waals surface area contributed by atoms with Crippen LogP contribution in [0.4, 0.5) is 5.69 Å². The lowest BCUT2D eigenvalue weighted by Crippen LogP contribution is -2.37. The van der Waals surface area contributed by atoms with Crippen molar-refractivity contribution in [3.63, 3.8) is 0 Å². The Morgan fingerprint density at radius 2 is 2.12 bits per heavy atom. The molecule has 92 valence electrons. The van der Waals surface area contributed by atoms with Gasteiger partial charge in [0.25, 0.3) is 0 Å². The highest BCUT2D eigenvalue weighted by Gasteiger charge is 2.17. The molecule has 0 fully saturated rings. The number of halogens is 1. The molecule has 0 aromatic heterocycles. The maximum Gasteiger partial charge on any atom is 0.315 e. The number of carbonyl (C=O) groups is 2. The fourth-order valence-electron chi connectivity index (χ4n) is 1.25. The number of primary amides is 1. The molecule has 0 aliphatic heterocycles. The van der Waals surface area contributed by atoms with Crippen molar-refractivity contribution < 1.29 is 14.3 Å². The highest BCUT2D eigenvalue weighted by Crippen LogP contribution is 2.29. The molecule has 1 aromatic rings. The largest absolute Gasteiger partial charge is 0.492 e. The molecule has 5 nitrogen and oxygen atoms in total. The number of likely N-dealkylation sites (N-methyl/N-ethyl adjacent to an activating group) is 1. The minimum absolute atomic E-state index is 0.369. The standard InChI is InChI=1S/C11H13ClN2O3/c1-3-17-9-5-4-7(6-8(9)12)14(2)11(16)10(13)15/h4-6H,3H2,1-2H3,(H2,13,15). The van der Waals surface area contributed by atoms with E-state index in [1.807, 2.05) is 6.92 Å². The van der Waals surface area contributed by atoms with Crippen molar-refractivity contribution in [2.45, 2.75) is 6.92 Å². The van der Waals surface area contributed by atoms with Gasteiger partial charge in [-0.2, -0.15) is 0 Å². The van der Waals surface area contributed by atoms with Crippen molar-refractivity contribution >= 4 is 29.1 Å². The van der Waals surface area contributed by atoms with Crippen LogP contribution in [-0.4, -0.2) is 25.5 Å². The van der Waals surface area contributed by atoms with E-state index in [4.69, 9.17) is 22.1 Å². The Morgan fingerprint density at radius 1 is 1.47 bits per heavy atom. The van der Waals surface area contributed by atoms with Crippen LogP contribution in [0.3, 0.4) is 0 Å². The van der Waals surface area contributed by atoms with Crippen LogP contribution < -0.4 is 15.4 Å². The highest BCUT2D eigenvalue weighted by molar-refractivity contribution is 6.40. The number of nitrogens with zero attached hydrogens (tertiary/aromatic N) is 1. The maximum atomic E-state index is 11.3. The van der Waals surface area contributed by atoms with Crippen molar-refractivity contribution in [2.75, 3.05) is 18.6 Å². The van der Waals surface area contributed by atoms with Crippen molar-refractivity contribution in [1.29, 1.82) is 0 Å². The molecule has 0 radical (unpaired) electrons. The van der Waals surface area contributed by atoms with Crippen molar-refractivity contribution in [1.82, 2.24) is 0 Å². The summed E-state index contributed by atoms with van der Waals surface area (Å²) in [6.07, 6.45) is 0. The third-order valence-corrected chi connectivity index (χ3v) is 2.41. The zero-order valence-electron chi connectivity index (χ0n) is 9.57. The smallest absolute Gasteiger partial charge is 0.315 e. The van der Waals surface area contributed by atoms with E-state index in [1.54, 1.807) is 12.1 Å². The Labute approximate surface area is 104 Å². The SMILES string of the molecule is CCOc1ccc(N(C)C(=O)C(N)=O)cc1Cl. The summed E-state index contributed by atoms with van der Waals surface area (Å²) in [4.78, 5) is 23.2. The topological polar surface area (TPSA) is 72.6 Å². The fraction of sp³-hybridized carbons (Fsp3) is 0.273. The van der Waals surface area contributed by atoms with Gasteiger partial charge in [-0.1, -0.05) is 11.6 Å². The van der Waals surface area contributed by atoms with Crippen LogP contribution in [0, 0.1) is 0 Å². The van der Waals surface area contributed by atoms with Gasteiger partial charge in [0.15, 0.2) is 0 Å². The van der Waals surface area contributed by atoms with E-state index in [0.29, 0.717) is 23.1 Å². The Hall–Kier alpha value is -1.75. The van der Waals surface area contributed by atoms with Crippen molar-refractivity contribution in [2.24, 2.45) is 5.73 Å². The number of hydrogen-bond acceptors (Lipinski definition) is 3. The fourth-order valence-corrected chi connectivity index (χ4v) is 1.48. The zero-order chi connectivity index (χ0) is 13.0. The van der Waals surface area contributed by atoms with E-state index < -0.39 is 11.8 Å². The first-order chi connectivity index (χ1) is 7.97. The summed E-state index contributed by atoms with van der Waals surface area (Å²) < 4.78 is 5.25. The van der Waals surface area contributed by atoms with Crippen LogP contribution >= 0.6 is 11.6 Å². The molecule has 2 N–H and O–H groups in total. The lowest BCUT2D eigenvalue weighted by atomic mass is 10.2. The van der Waals surface area contributed by atoms with Gasteiger partial charge < -0.3 is 15.4 Å². The number of anilines is 1. The van der Waals surface area contributed by atoms with Crippen molar-refractivity contribution in [3.8, 4) is 5.75 Å². The quantitative estimate of drug-likeness (QED) is 0.826. The monoisotopic (exact) mass is 256 g/mol. The first kappa shape index (κ1) is 13.3. The molecule has 0 aliphatic rings. The molecule has 1 rings (SSSR count). The molecule has 2 amide bonds. The third kappa shape index (κ3) is 3.10. The molecule has 0 saturated carbocycles. The van der Waals surface area contributed by atoms with Gasteiger partial charge in [0.1, 0.15) is 5.75 Å². The van der Waals surface area contributed by atoms with E-state index in [2.05, 4.69) is 0 Å². The van der Waals surface area contributed by atoms with Gasteiger partial charge in [0.2, 0.25) is 0 Å². The summed E-state index contributed by atoms with van der Waals surface area (Å²) in [5.41, 5.74) is 5.38. The third-order valence-electron chi connectivity index (χ3n) is 2.12. The number of rotatable bonds is 3. The van der Waals surface area contributed by atoms with E-state index >= 15 is 0 Å². The van der Waals surface area contributed by atoms with Gasteiger partial charge in [0, 0.05) is 12.7 Å². The molecule has 0 unspecified atom stereocenters. The summed E-state index contributed by atoms with van der Waals surface area (Å²) in [5, 5.41) is 0.369. The first-order valence-corrected chi connectivity index (χ1v) is 5.35. The predicted octanol–water partition coefficient (Wildman–Crippen LogP) is 1.19. The van der Waals surface area contributed by atoms with Gasteiger partial charge >= 0.3 is 11.8 Å². The molecule has 0 aliphatic carbocycles. The van der Waals surface area contributed by atoms with Crippen LogP contribution in [-0.2, 0) is 9.59 Å². The summed E-state index contributed by atoms with van der Waals surface area (Å²) in [7, 11) is 1.44. The number of benzene rings is 1. The molecule has 1 aromatic carbocycles. The summed E-state index contributed by atoms with van der Waals surface area (Å²) >= 11 is 5.96. The van der Waals surface area contributed by atoms with Gasteiger partial charge in [-0.15, -0.1) is 0 Å². The highest BCUT2D eigenvalue weighted by atomic mass is 35.5. The molecule has 0 bridgehead atoms. The summed E-state index contributed by atoms with van der Waals surface area (Å²) in [6, 6.07) is 4.79. The predicted molar refractivity (Wildman–Crippen MR) is 65.2 cm³/mol. The second kappa shape index (κ2) is 5.54. The maximum absolute atomic E-state index is 11.3. The van der Waals surface area contributed by atoms with Gasteiger partial charge in [-0.05, 0) is 25.1 Å². The second-order valence-corrected chi connectivity index (χ2v) is 3.68. The molecular formula is C11H13ClN2O3. The number of amides is 2. The second-order valence-electron chi connectivity index (χ2n) is 3.28. The molecular weight excluding hydrogens is 244 g/mol. The lowest BCUT2D eigenvalue weighted by Gasteiger charge is -2.16. The average molecular weight is 257 g/mol. The van der Waals surface area contributed by atoms with Gasteiger partial charge in [0.05, 0.1) is 11.6 Å².